The van der Waals surface area contributed by atoms with Gasteiger partial charge < -0.3 is 9.47 Å². The molecular weight excluding hydrogens is 368 g/mol. The van der Waals surface area contributed by atoms with E-state index in [1.165, 1.54) is 19.2 Å². The second-order valence-electron chi connectivity index (χ2n) is 6.09. The molecule has 0 fully saturated rings. The third kappa shape index (κ3) is 3.28. The van der Waals surface area contributed by atoms with E-state index in [0.29, 0.717) is 11.1 Å². The van der Waals surface area contributed by atoms with Crippen LogP contribution in [0.25, 0.3) is 10.9 Å². The molecule has 0 saturated heterocycles. The van der Waals surface area contributed by atoms with Crippen LogP contribution < -0.4 is 4.74 Å². The SMILES string of the molecule is CCOC(=O)c1nn(S(=O)(=O)c2ccc(C)cc2)c2cc(C)cc(OC)c12. The first-order chi connectivity index (χ1) is 12.8. The second-order valence-corrected chi connectivity index (χ2v) is 7.86. The van der Waals surface area contributed by atoms with Gasteiger partial charge in [0.05, 0.1) is 29.5 Å². The molecule has 142 valence electrons. The van der Waals surface area contributed by atoms with Crippen LogP contribution in [0.3, 0.4) is 0 Å². The summed E-state index contributed by atoms with van der Waals surface area (Å²) in [5.41, 5.74) is 1.87. The number of methoxy groups -OCH3 is 1. The van der Waals surface area contributed by atoms with E-state index in [-0.39, 0.29) is 22.7 Å². The van der Waals surface area contributed by atoms with Crippen LogP contribution in [-0.2, 0) is 14.8 Å². The van der Waals surface area contributed by atoms with E-state index in [9.17, 15) is 13.2 Å². The molecule has 0 aliphatic rings. The minimum Gasteiger partial charge on any atom is -0.496 e. The smallest absolute Gasteiger partial charge is 0.359 e. The average Bonchev–Trinajstić information content (AvgIpc) is 3.01. The average molecular weight is 388 g/mol. The summed E-state index contributed by atoms with van der Waals surface area (Å²) in [6.45, 7) is 5.49. The van der Waals surface area contributed by atoms with Crippen LogP contribution >= 0.6 is 0 Å². The van der Waals surface area contributed by atoms with Gasteiger partial charge in [0.15, 0.2) is 5.69 Å². The molecule has 3 aromatic rings. The van der Waals surface area contributed by atoms with Gasteiger partial charge in [-0.05, 0) is 50.6 Å². The molecule has 0 aliphatic heterocycles. The lowest BCUT2D eigenvalue weighted by Crippen LogP contribution is -2.16. The minimum atomic E-state index is -4.01. The molecule has 0 radical (unpaired) electrons. The lowest BCUT2D eigenvalue weighted by atomic mass is 10.1. The third-order valence-electron chi connectivity index (χ3n) is 4.09. The van der Waals surface area contributed by atoms with E-state index in [2.05, 4.69) is 5.10 Å². The van der Waals surface area contributed by atoms with Crippen molar-refractivity contribution in [2.24, 2.45) is 0 Å². The molecule has 0 bridgehead atoms. The molecule has 1 heterocycles. The van der Waals surface area contributed by atoms with Gasteiger partial charge in [-0.1, -0.05) is 17.7 Å². The van der Waals surface area contributed by atoms with E-state index in [1.807, 2.05) is 13.8 Å². The van der Waals surface area contributed by atoms with Crippen molar-refractivity contribution in [2.45, 2.75) is 25.7 Å². The van der Waals surface area contributed by atoms with Crippen molar-refractivity contribution in [1.29, 1.82) is 0 Å². The number of esters is 1. The van der Waals surface area contributed by atoms with Gasteiger partial charge in [0.25, 0.3) is 10.0 Å². The van der Waals surface area contributed by atoms with Gasteiger partial charge in [-0.3, -0.25) is 0 Å². The van der Waals surface area contributed by atoms with E-state index in [0.717, 1.165) is 15.2 Å². The van der Waals surface area contributed by atoms with Gasteiger partial charge in [0.1, 0.15) is 5.75 Å². The van der Waals surface area contributed by atoms with Crippen molar-refractivity contribution in [3.05, 3.63) is 53.2 Å². The van der Waals surface area contributed by atoms with Gasteiger partial charge in [-0.25, -0.2) is 4.79 Å². The number of aromatic nitrogens is 2. The highest BCUT2D eigenvalue weighted by Gasteiger charge is 2.28. The first-order valence-corrected chi connectivity index (χ1v) is 9.80. The predicted molar refractivity (Wildman–Crippen MR) is 101 cm³/mol. The molecule has 8 heteroatoms. The molecule has 0 amide bonds. The summed E-state index contributed by atoms with van der Waals surface area (Å²) >= 11 is 0. The van der Waals surface area contributed by atoms with E-state index < -0.39 is 16.0 Å². The Kier molecular flexibility index (Phi) is 4.93. The fourth-order valence-electron chi connectivity index (χ4n) is 2.81. The van der Waals surface area contributed by atoms with Crippen LogP contribution in [0.5, 0.6) is 5.75 Å². The number of carbonyl (C=O) groups is 1. The first kappa shape index (κ1) is 18.9. The highest BCUT2D eigenvalue weighted by molar-refractivity contribution is 7.90. The van der Waals surface area contributed by atoms with Gasteiger partial charge >= 0.3 is 5.97 Å². The summed E-state index contributed by atoms with van der Waals surface area (Å²) in [5.74, 6) is -0.346. The van der Waals surface area contributed by atoms with Crippen LogP contribution in [0, 0.1) is 13.8 Å². The maximum absolute atomic E-state index is 13.2. The zero-order valence-electron chi connectivity index (χ0n) is 15.5. The van der Waals surface area contributed by atoms with E-state index in [4.69, 9.17) is 9.47 Å². The molecule has 0 atom stereocenters. The van der Waals surface area contributed by atoms with Crippen LogP contribution in [-0.4, -0.2) is 37.3 Å². The topological polar surface area (TPSA) is 87.5 Å². The number of aryl methyl sites for hydroxylation is 2. The number of carbonyl (C=O) groups excluding carboxylic acids is 1. The number of nitrogens with zero attached hydrogens (tertiary/aromatic N) is 2. The summed E-state index contributed by atoms with van der Waals surface area (Å²) in [6, 6.07) is 9.80. The summed E-state index contributed by atoms with van der Waals surface area (Å²) in [7, 11) is -2.56. The highest BCUT2D eigenvalue weighted by Crippen LogP contribution is 2.33. The number of hydrogen-bond donors (Lipinski definition) is 0. The van der Waals surface area contributed by atoms with Crippen LogP contribution in [0.1, 0.15) is 28.5 Å². The molecule has 0 aliphatic carbocycles. The number of benzene rings is 2. The summed E-state index contributed by atoms with van der Waals surface area (Å²) in [5, 5.41) is 4.41. The highest BCUT2D eigenvalue weighted by atomic mass is 32.2. The molecule has 0 spiro atoms. The maximum atomic E-state index is 13.2. The Morgan fingerprint density at radius 2 is 1.78 bits per heavy atom. The first-order valence-electron chi connectivity index (χ1n) is 8.36. The lowest BCUT2D eigenvalue weighted by molar-refractivity contribution is 0.0521. The molecule has 27 heavy (non-hydrogen) atoms. The van der Waals surface area contributed by atoms with Gasteiger partial charge in [0, 0.05) is 0 Å². The molecule has 3 rings (SSSR count). The van der Waals surface area contributed by atoms with Gasteiger partial charge in [-0.2, -0.15) is 12.5 Å². The van der Waals surface area contributed by atoms with Crippen molar-refractivity contribution in [2.75, 3.05) is 13.7 Å². The molecule has 1 aromatic heterocycles. The lowest BCUT2D eigenvalue weighted by Gasteiger charge is -2.08. The number of hydrogen-bond acceptors (Lipinski definition) is 6. The van der Waals surface area contributed by atoms with Crippen LogP contribution in [0.15, 0.2) is 41.3 Å². The summed E-state index contributed by atoms with van der Waals surface area (Å²) in [6.07, 6.45) is 0. The Balaban J connectivity index is 2.34. The summed E-state index contributed by atoms with van der Waals surface area (Å²) < 4.78 is 37.6. The zero-order valence-corrected chi connectivity index (χ0v) is 16.3. The quantitative estimate of drug-likeness (QED) is 0.624. The predicted octanol–water partition coefficient (Wildman–Crippen LogP) is 3.08. The van der Waals surface area contributed by atoms with Gasteiger partial charge in [0.2, 0.25) is 0 Å². The number of fused-ring (bicyclic) bond motifs is 1. The zero-order chi connectivity index (χ0) is 19.8. The Morgan fingerprint density at radius 3 is 2.37 bits per heavy atom. The molecule has 0 N–H and O–H groups in total. The van der Waals surface area contributed by atoms with Crippen molar-refractivity contribution < 1.29 is 22.7 Å². The largest absolute Gasteiger partial charge is 0.496 e. The van der Waals surface area contributed by atoms with Crippen molar-refractivity contribution in [3.8, 4) is 5.75 Å². The number of rotatable bonds is 5. The second kappa shape index (κ2) is 7.03. The summed E-state index contributed by atoms with van der Waals surface area (Å²) in [4.78, 5) is 12.5. The van der Waals surface area contributed by atoms with Crippen LogP contribution in [0.4, 0.5) is 0 Å². The fourth-order valence-corrected chi connectivity index (χ4v) is 4.09. The van der Waals surface area contributed by atoms with Crippen LogP contribution in [0.2, 0.25) is 0 Å². The Labute approximate surface area is 157 Å². The minimum absolute atomic E-state index is 0.0772. The van der Waals surface area contributed by atoms with Crippen molar-refractivity contribution >= 4 is 26.9 Å². The molecular formula is C19H20N2O5S. The Morgan fingerprint density at radius 1 is 1.11 bits per heavy atom. The number of ether oxygens (including phenoxy) is 2. The van der Waals surface area contributed by atoms with E-state index in [1.54, 1.807) is 31.2 Å². The molecule has 0 unspecified atom stereocenters. The molecule has 7 nitrogen and oxygen atoms in total. The van der Waals surface area contributed by atoms with Gasteiger partial charge in [-0.15, -0.1) is 5.10 Å². The monoisotopic (exact) mass is 388 g/mol. The van der Waals surface area contributed by atoms with Crippen molar-refractivity contribution in [1.82, 2.24) is 9.19 Å². The van der Waals surface area contributed by atoms with Crippen molar-refractivity contribution in [3.63, 3.8) is 0 Å². The molecule has 0 saturated carbocycles. The standard InChI is InChI=1S/C19H20N2O5S/c1-5-26-19(22)18-17-15(10-13(3)11-16(17)25-4)21(20-18)27(23,24)14-8-6-12(2)7-9-14/h6-11H,5H2,1-4H3. The normalized spacial score (nSPS) is 11.6. The fraction of sp³-hybridized carbons (Fsp3) is 0.263. The third-order valence-corrected chi connectivity index (χ3v) is 5.70. The van der Waals surface area contributed by atoms with E-state index >= 15 is 0 Å². The Bertz CT molecular complexity index is 1120. The Hall–Kier alpha value is -2.87. The molecule has 2 aromatic carbocycles. The maximum Gasteiger partial charge on any atom is 0.359 e.